The van der Waals surface area contributed by atoms with Crippen LogP contribution in [0.2, 0.25) is 0 Å². The highest BCUT2D eigenvalue weighted by atomic mass is 16.7. The summed E-state index contributed by atoms with van der Waals surface area (Å²) in [5.74, 6) is 0.392. The molecule has 0 spiro atoms. The van der Waals surface area contributed by atoms with Crippen molar-refractivity contribution in [2.75, 3.05) is 19.8 Å². The second kappa shape index (κ2) is 7.53. The van der Waals surface area contributed by atoms with Crippen LogP contribution in [0.5, 0.6) is 0 Å². The first-order valence-corrected chi connectivity index (χ1v) is 4.65. The summed E-state index contributed by atoms with van der Waals surface area (Å²) < 4.78 is 10.9. The summed E-state index contributed by atoms with van der Waals surface area (Å²) >= 11 is 0. The van der Waals surface area contributed by atoms with Gasteiger partial charge in [0.2, 0.25) is 0 Å². The summed E-state index contributed by atoms with van der Waals surface area (Å²) in [6.45, 7) is 8.13. The normalized spacial score (nSPS) is 13.8. The zero-order valence-electron chi connectivity index (χ0n) is 8.38. The number of hydrogen-bond donors (Lipinski definition) is 1. The monoisotopic (exact) mass is 175 g/mol. The van der Waals surface area contributed by atoms with E-state index in [-0.39, 0.29) is 6.29 Å². The maximum Gasteiger partial charge on any atom is 0.159 e. The Morgan fingerprint density at radius 3 is 2.17 bits per heavy atom. The van der Waals surface area contributed by atoms with Crippen molar-refractivity contribution in [1.82, 2.24) is 0 Å². The Morgan fingerprint density at radius 1 is 1.17 bits per heavy atom. The molecule has 1 unspecified atom stereocenters. The lowest BCUT2D eigenvalue weighted by Gasteiger charge is -2.21. The Balaban J connectivity index is 3.55. The third-order valence-electron chi connectivity index (χ3n) is 1.43. The van der Waals surface area contributed by atoms with Crippen LogP contribution in [-0.4, -0.2) is 26.0 Å². The van der Waals surface area contributed by atoms with Crippen molar-refractivity contribution in [3.05, 3.63) is 0 Å². The smallest absolute Gasteiger partial charge is 0.159 e. The highest BCUT2D eigenvalue weighted by Gasteiger charge is 2.12. The van der Waals surface area contributed by atoms with Gasteiger partial charge in [0.15, 0.2) is 6.29 Å². The minimum atomic E-state index is -0.0894. The molecule has 1 atom stereocenters. The average Bonchev–Trinajstić information content (AvgIpc) is 2.04. The van der Waals surface area contributed by atoms with Gasteiger partial charge in [-0.05, 0) is 6.42 Å². The fourth-order valence-electron chi connectivity index (χ4n) is 0.851. The van der Waals surface area contributed by atoms with Crippen molar-refractivity contribution in [3.8, 4) is 0 Å². The van der Waals surface area contributed by atoms with Crippen molar-refractivity contribution >= 4 is 0 Å². The van der Waals surface area contributed by atoms with Crippen molar-refractivity contribution in [3.63, 3.8) is 0 Å². The Labute approximate surface area is 75.2 Å². The maximum absolute atomic E-state index is 5.48. The second-order valence-corrected chi connectivity index (χ2v) is 3.14. The molecule has 0 bridgehead atoms. The molecular weight excluding hydrogens is 154 g/mol. The molecular formula is C9H21NO2. The van der Waals surface area contributed by atoms with Crippen LogP contribution in [0.4, 0.5) is 0 Å². The van der Waals surface area contributed by atoms with E-state index in [4.69, 9.17) is 15.2 Å². The molecule has 0 saturated heterocycles. The molecule has 0 aliphatic carbocycles. The minimum Gasteiger partial charge on any atom is -0.352 e. The SMILES string of the molecule is CCCOC(OCCN)C(C)C. The van der Waals surface area contributed by atoms with Gasteiger partial charge < -0.3 is 15.2 Å². The van der Waals surface area contributed by atoms with E-state index < -0.39 is 0 Å². The molecule has 0 aliphatic rings. The van der Waals surface area contributed by atoms with E-state index in [9.17, 15) is 0 Å². The molecule has 3 nitrogen and oxygen atoms in total. The minimum absolute atomic E-state index is 0.0894. The molecule has 0 radical (unpaired) electrons. The molecule has 2 N–H and O–H groups in total. The van der Waals surface area contributed by atoms with Gasteiger partial charge in [-0.2, -0.15) is 0 Å². The van der Waals surface area contributed by atoms with Crippen molar-refractivity contribution in [1.29, 1.82) is 0 Å². The predicted molar refractivity (Wildman–Crippen MR) is 49.9 cm³/mol. The van der Waals surface area contributed by atoms with E-state index >= 15 is 0 Å². The Bertz CT molecular complexity index is 88.5. The molecule has 0 fully saturated rings. The van der Waals surface area contributed by atoms with Gasteiger partial charge in [0, 0.05) is 19.1 Å². The Hall–Kier alpha value is -0.120. The summed E-state index contributed by atoms with van der Waals surface area (Å²) in [6, 6.07) is 0. The van der Waals surface area contributed by atoms with Crippen LogP contribution >= 0.6 is 0 Å². The lowest BCUT2D eigenvalue weighted by Crippen LogP contribution is -2.26. The molecule has 0 aromatic rings. The van der Waals surface area contributed by atoms with E-state index in [0.29, 0.717) is 19.1 Å². The Kier molecular flexibility index (Phi) is 7.45. The lowest BCUT2D eigenvalue weighted by atomic mass is 10.2. The first kappa shape index (κ1) is 11.9. The maximum atomic E-state index is 5.48. The van der Waals surface area contributed by atoms with Crippen LogP contribution in [0.1, 0.15) is 27.2 Å². The fraction of sp³-hybridized carbons (Fsp3) is 1.00. The number of rotatable bonds is 7. The predicted octanol–water partition coefficient (Wildman–Crippen LogP) is 1.37. The molecule has 0 aromatic heterocycles. The number of hydrogen-bond acceptors (Lipinski definition) is 3. The molecule has 12 heavy (non-hydrogen) atoms. The van der Waals surface area contributed by atoms with Crippen LogP contribution in [0, 0.1) is 5.92 Å². The van der Waals surface area contributed by atoms with Crippen molar-refractivity contribution in [2.45, 2.75) is 33.5 Å². The standard InChI is InChI=1S/C9H21NO2/c1-4-6-11-9(8(2)3)12-7-5-10/h8-9H,4-7,10H2,1-3H3. The lowest BCUT2D eigenvalue weighted by molar-refractivity contribution is -0.164. The van der Waals surface area contributed by atoms with Crippen LogP contribution < -0.4 is 5.73 Å². The molecule has 0 heterocycles. The van der Waals surface area contributed by atoms with Crippen molar-refractivity contribution < 1.29 is 9.47 Å². The number of ether oxygens (including phenoxy) is 2. The third-order valence-corrected chi connectivity index (χ3v) is 1.43. The largest absolute Gasteiger partial charge is 0.352 e. The van der Waals surface area contributed by atoms with E-state index in [1.54, 1.807) is 0 Å². The third kappa shape index (κ3) is 5.52. The molecule has 0 aromatic carbocycles. The van der Waals surface area contributed by atoms with Gasteiger partial charge in [0.05, 0.1) is 6.61 Å². The van der Waals surface area contributed by atoms with Crippen LogP contribution in [-0.2, 0) is 9.47 Å². The quantitative estimate of drug-likeness (QED) is 0.594. The van der Waals surface area contributed by atoms with Crippen molar-refractivity contribution in [2.24, 2.45) is 11.7 Å². The van der Waals surface area contributed by atoms with Crippen LogP contribution in [0.25, 0.3) is 0 Å². The second-order valence-electron chi connectivity index (χ2n) is 3.14. The summed E-state index contributed by atoms with van der Waals surface area (Å²) in [7, 11) is 0. The molecule has 74 valence electrons. The highest BCUT2D eigenvalue weighted by molar-refractivity contribution is 4.50. The highest BCUT2D eigenvalue weighted by Crippen LogP contribution is 2.08. The zero-order chi connectivity index (χ0) is 9.40. The van der Waals surface area contributed by atoms with Gasteiger partial charge in [-0.3, -0.25) is 0 Å². The van der Waals surface area contributed by atoms with Gasteiger partial charge in [-0.1, -0.05) is 20.8 Å². The van der Waals surface area contributed by atoms with Gasteiger partial charge >= 0.3 is 0 Å². The first-order chi connectivity index (χ1) is 5.72. The van der Waals surface area contributed by atoms with E-state index in [0.717, 1.165) is 13.0 Å². The Morgan fingerprint density at radius 2 is 1.75 bits per heavy atom. The van der Waals surface area contributed by atoms with Crippen LogP contribution in [0.3, 0.4) is 0 Å². The van der Waals surface area contributed by atoms with Gasteiger partial charge in [-0.15, -0.1) is 0 Å². The molecule has 3 heteroatoms. The summed E-state index contributed by atoms with van der Waals surface area (Å²) in [5.41, 5.74) is 5.33. The first-order valence-electron chi connectivity index (χ1n) is 4.65. The average molecular weight is 175 g/mol. The molecule has 0 saturated carbocycles. The fourth-order valence-corrected chi connectivity index (χ4v) is 0.851. The topological polar surface area (TPSA) is 44.5 Å². The molecule has 0 rings (SSSR count). The van der Waals surface area contributed by atoms with E-state index in [1.807, 2.05) is 0 Å². The number of nitrogens with two attached hydrogens (primary N) is 1. The summed E-state index contributed by atoms with van der Waals surface area (Å²) in [4.78, 5) is 0. The van der Waals surface area contributed by atoms with Crippen LogP contribution in [0.15, 0.2) is 0 Å². The van der Waals surface area contributed by atoms with Gasteiger partial charge in [-0.25, -0.2) is 0 Å². The zero-order valence-corrected chi connectivity index (χ0v) is 8.38. The molecule has 0 aliphatic heterocycles. The van der Waals surface area contributed by atoms with Gasteiger partial charge in [0.1, 0.15) is 0 Å². The summed E-state index contributed by atoms with van der Waals surface area (Å²) in [6.07, 6.45) is 0.934. The molecule has 0 amide bonds. The van der Waals surface area contributed by atoms with Gasteiger partial charge in [0.25, 0.3) is 0 Å². The van der Waals surface area contributed by atoms with E-state index in [1.165, 1.54) is 0 Å². The van der Waals surface area contributed by atoms with E-state index in [2.05, 4.69) is 20.8 Å². The summed E-state index contributed by atoms with van der Waals surface area (Å²) in [5, 5.41) is 0.